The minimum Gasteiger partial charge on any atom is -0.361 e. The number of amides is 1. The Morgan fingerprint density at radius 1 is 1.08 bits per heavy atom. The predicted octanol–water partition coefficient (Wildman–Crippen LogP) is 4.72. The molecule has 1 aromatic heterocycles. The zero-order chi connectivity index (χ0) is 17.8. The number of H-pyrrole nitrogens is 1. The molecule has 1 saturated heterocycles. The number of aromatic nitrogens is 1. The smallest absolute Gasteiger partial charge is 0.222 e. The normalized spacial score (nSPS) is 17.1. The average molecular weight is 346 g/mol. The molecule has 4 rings (SSSR count). The third kappa shape index (κ3) is 3.67. The van der Waals surface area contributed by atoms with Crippen LogP contribution in [0.3, 0.4) is 0 Å². The number of hydrogen-bond acceptors (Lipinski definition) is 1. The molecule has 3 aromatic rings. The Morgan fingerprint density at radius 3 is 2.77 bits per heavy atom. The number of carbonyl (C=O) groups excluding carboxylic acids is 1. The summed E-state index contributed by atoms with van der Waals surface area (Å²) in [5.41, 5.74) is 3.82. The highest BCUT2D eigenvalue weighted by molar-refractivity contribution is 5.83. The van der Waals surface area contributed by atoms with Gasteiger partial charge in [0.1, 0.15) is 0 Å². The van der Waals surface area contributed by atoms with Crippen molar-refractivity contribution in [2.24, 2.45) is 0 Å². The summed E-state index contributed by atoms with van der Waals surface area (Å²) in [5, 5.41) is 1.28. The SMILES string of the molecule is O=C(CCCc1c[nH]c2ccccc12)N1CCCC1Cc1ccccc1. The molecule has 1 aliphatic rings. The Labute approximate surface area is 155 Å². The molecule has 134 valence electrons. The van der Waals surface area contributed by atoms with Crippen LogP contribution in [0.25, 0.3) is 10.9 Å². The number of benzene rings is 2. The minimum atomic E-state index is 0.322. The number of nitrogens with one attached hydrogen (secondary N) is 1. The highest BCUT2D eigenvalue weighted by atomic mass is 16.2. The van der Waals surface area contributed by atoms with Crippen LogP contribution in [0.5, 0.6) is 0 Å². The Hall–Kier alpha value is -2.55. The van der Waals surface area contributed by atoms with Crippen molar-refractivity contribution in [3.8, 4) is 0 Å². The maximum absolute atomic E-state index is 12.8. The maximum atomic E-state index is 12.8. The van der Waals surface area contributed by atoms with E-state index in [1.165, 1.54) is 22.0 Å². The molecule has 0 aliphatic carbocycles. The van der Waals surface area contributed by atoms with Crippen molar-refractivity contribution in [1.29, 1.82) is 0 Å². The molecule has 1 aliphatic heterocycles. The molecule has 3 nitrogen and oxygen atoms in total. The molecule has 1 amide bonds. The Morgan fingerprint density at radius 2 is 1.88 bits per heavy atom. The second-order valence-electron chi connectivity index (χ2n) is 7.29. The van der Waals surface area contributed by atoms with Gasteiger partial charge in [-0.25, -0.2) is 0 Å². The van der Waals surface area contributed by atoms with Crippen LogP contribution in [-0.4, -0.2) is 28.4 Å². The lowest BCUT2D eigenvalue weighted by Crippen LogP contribution is -2.36. The summed E-state index contributed by atoms with van der Waals surface area (Å²) < 4.78 is 0. The molecule has 2 aromatic carbocycles. The minimum absolute atomic E-state index is 0.322. The van der Waals surface area contributed by atoms with Gasteiger partial charge >= 0.3 is 0 Å². The molecule has 3 heteroatoms. The summed E-state index contributed by atoms with van der Waals surface area (Å²) in [7, 11) is 0. The van der Waals surface area contributed by atoms with E-state index in [9.17, 15) is 4.79 Å². The van der Waals surface area contributed by atoms with Gasteiger partial charge in [-0.1, -0.05) is 48.5 Å². The summed E-state index contributed by atoms with van der Waals surface area (Å²) >= 11 is 0. The number of fused-ring (bicyclic) bond motifs is 1. The van der Waals surface area contributed by atoms with Gasteiger partial charge in [0.15, 0.2) is 0 Å². The standard InChI is InChI=1S/C23H26N2O/c26-23(14-6-10-19-17-24-22-13-5-4-12-21(19)22)25-15-7-11-20(25)16-18-8-2-1-3-9-18/h1-5,8-9,12-13,17,20,24H,6-7,10-11,14-16H2. The van der Waals surface area contributed by atoms with Crippen molar-refractivity contribution < 1.29 is 4.79 Å². The van der Waals surface area contributed by atoms with Crippen molar-refractivity contribution in [2.45, 2.75) is 44.6 Å². The molecule has 0 radical (unpaired) electrons. The lowest BCUT2D eigenvalue weighted by molar-refractivity contribution is -0.132. The summed E-state index contributed by atoms with van der Waals surface area (Å²) in [4.78, 5) is 18.2. The number of aryl methyl sites for hydroxylation is 1. The lowest BCUT2D eigenvalue weighted by atomic mass is 10.0. The van der Waals surface area contributed by atoms with Crippen LogP contribution in [0, 0.1) is 0 Å². The van der Waals surface area contributed by atoms with E-state index < -0.39 is 0 Å². The highest BCUT2D eigenvalue weighted by Gasteiger charge is 2.28. The Bertz CT molecular complexity index is 868. The second-order valence-corrected chi connectivity index (χ2v) is 7.29. The Kier molecular flexibility index (Phi) is 5.05. The van der Waals surface area contributed by atoms with Gasteiger partial charge in [-0.3, -0.25) is 4.79 Å². The third-order valence-electron chi connectivity index (χ3n) is 5.52. The fraction of sp³-hybridized carbons (Fsp3) is 0.348. The van der Waals surface area contributed by atoms with Gasteiger partial charge in [0.05, 0.1) is 0 Å². The fourth-order valence-electron chi connectivity index (χ4n) is 4.17. The largest absolute Gasteiger partial charge is 0.361 e. The van der Waals surface area contributed by atoms with Crippen LogP contribution in [0.2, 0.25) is 0 Å². The van der Waals surface area contributed by atoms with Gasteiger partial charge in [-0.15, -0.1) is 0 Å². The lowest BCUT2D eigenvalue weighted by Gasteiger charge is -2.25. The zero-order valence-corrected chi connectivity index (χ0v) is 15.2. The monoisotopic (exact) mass is 346 g/mol. The summed E-state index contributed by atoms with van der Waals surface area (Å²) in [6.45, 7) is 0.920. The van der Waals surface area contributed by atoms with Gasteiger partial charge in [0.25, 0.3) is 0 Å². The van der Waals surface area contributed by atoms with Crippen LogP contribution in [0.4, 0.5) is 0 Å². The topological polar surface area (TPSA) is 36.1 Å². The molecule has 2 heterocycles. The van der Waals surface area contributed by atoms with E-state index in [0.29, 0.717) is 18.4 Å². The van der Waals surface area contributed by atoms with Gasteiger partial charge in [0, 0.05) is 36.1 Å². The summed E-state index contributed by atoms with van der Waals surface area (Å²) in [5.74, 6) is 0.322. The van der Waals surface area contributed by atoms with E-state index in [-0.39, 0.29) is 0 Å². The third-order valence-corrected chi connectivity index (χ3v) is 5.52. The summed E-state index contributed by atoms with van der Waals surface area (Å²) in [6.07, 6.45) is 7.83. The number of rotatable bonds is 6. The number of nitrogens with zero attached hydrogens (tertiary/aromatic N) is 1. The van der Waals surface area contributed by atoms with Gasteiger partial charge in [-0.2, -0.15) is 0 Å². The molecule has 0 bridgehead atoms. The quantitative estimate of drug-likeness (QED) is 0.688. The molecule has 0 saturated carbocycles. The maximum Gasteiger partial charge on any atom is 0.222 e. The molecule has 26 heavy (non-hydrogen) atoms. The van der Waals surface area contributed by atoms with Crippen molar-refractivity contribution in [3.05, 3.63) is 71.9 Å². The van der Waals surface area contributed by atoms with Gasteiger partial charge in [-0.05, 0) is 49.3 Å². The molecule has 1 unspecified atom stereocenters. The number of carbonyl (C=O) groups is 1. The van der Waals surface area contributed by atoms with E-state index in [2.05, 4.69) is 58.5 Å². The average Bonchev–Trinajstić information content (AvgIpc) is 3.30. The first-order chi connectivity index (χ1) is 12.8. The van der Waals surface area contributed by atoms with Crippen LogP contribution in [0.15, 0.2) is 60.8 Å². The van der Waals surface area contributed by atoms with Crippen LogP contribution in [-0.2, 0) is 17.6 Å². The number of para-hydroxylation sites is 1. The van der Waals surface area contributed by atoms with E-state index in [1.807, 2.05) is 12.1 Å². The van der Waals surface area contributed by atoms with Crippen LogP contribution in [0.1, 0.15) is 36.8 Å². The number of aromatic amines is 1. The van der Waals surface area contributed by atoms with Crippen LogP contribution < -0.4 is 0 Å². The molecule has 1 atom stereocenters. The fourth-order valence-corrected chi connectivity index (χ4v) is 4.17. The van der Waals surface area contributed by atoms with Crippen molar-refractivity contribution >= 4 is 16.8 Å². The van der Waals surface area contributed by atoms with E-state index >= 15 is 0 Å². The predicted molar refractivity (Wildman–Crippen MR) is 106 cm³/mol. The van der Waals surface area contributed by atoms with Crippen molar-refractivity contribution in [1.82, 2.24) is 9.88 Å². The molecule has 1 N–H and O–H groups in total. The van der Waals surface area contributed by atoms with E-state index in [4.69, 9.17) is 0 Å². The number of likely N-dealkylation sites (tertiary alicyclic amines) is 1. The van der Waals surface area contributed by atoms with E-state index in [0.717, 1.165) is 38.6 Å². The molecule has 1 fully saturated rings. The second kappa shape index (κ2) is 7.77. The molecular weight excluding hydrogens is 320 g/mol. The highest BCUT2D eigenvalue weighted by Crippen LogP contribution is 2.24. The Balaban J connectivity index is 1.32. The van der Waals surface area contributed by atoms with Gasteiger partial charge < -0.3 is 9.88 Å². The van der Waals surface area contributed by atoms with E-state index in [1.54, 1.807) is 0 Å². The van der Waals surface area contributed by atoms with Crippen molar-refractivity contribution in [2.75, 3.05) is 6.54 Å². The zero-order valence-electron chi connectivity index (χ0n) is 15.2. The van der Waals surface area contributed by atoms with Gasteiger partial charge in [0.2, 0.25) is 5.91 Å². The first-order valence-corrected chi connectivity index (χ1v) is 9.69. The molecule has 0 spiro atoms. The first kappa shape index (κ1) is 16.9. The molecular formula is C23H26N2O. The summed E-state index contributed by atoms with van der Waals surface area (Å²) in [6, 6.07) is 19.3. The van der Waals surface area contributed by atoms with Crippen LogP contribution >= 0.6 is 0 Å². The number of hydrogen-bond donors (Lipinski definition) is 1. The van der Waals surface area contributed by atoms with Crippen molar-refractivity contribution in [3.63, 3.8) is 0 Å². The first-order valence-electron chi connectivity index (χ1n) is 9.69.